The second kappa shape index (κ2) is 4.76. The van der Waals surface area contributed by atoms with E-state index >= 15 is 0 Å². The van der Waals surface area contributed by atoms with E-state index in [1.165, 1.54) is 16.9 Å². The molecular weight excluding hydrogens is 218 g/mol. The van der Waals surface area contributed by atoms with Crippen LogP contribution in [0, 0.1) is 0 Å². The van der Waals surface area contributed by atoms with Crippen molar-refractivity contribution < 1.29 is 5.11 Å². The lowest BCUT2D eigenvalue weighted by atomic mass is 10.1. The van der Waals surface area contributed by atoms with Crippen LogP contribution in [-0.2, 0) is 6.42 Å². The molecule has 3 heteroatoms. The van der Waals surface area contributed by atoms with Gasteiger partial charge < -0.3 is 5.11 Å². The summed E-state index contributed by atoms with van der Waals surface area (Å²) in [4.78, 5) is 4.40. The fourth-order valence-corrected chi connectivity index (χ4v) is 2.29. The summed E-state index contributed by atoms with van der Waals surface area (Å²) >= 11 is 1.50. The summed E-state index contributed by atoms with van der Waals surface area (Å²) in [5, 5.41) is 12.2. The summed E-state index contributed by atoms with van der Waals surface area (Å²) in [6, 6.07) is 8.41. The molecule has 0 fully saturated rings. The first-order chi connectivity index (χ1) is 7.70. The Morgan fingerprint density at radius 3 is 2.50 bits per heavy atom. The van der Waals surface area contributed by atoms with Crippen molar-refractivity contribution in [1.29, 1.82) is 0 Å². The van der Waals surface area contributed by atoms with Gasteiger partial charge in [0, 0.05) is 10.9 Å². The molecule has 0 aliphatic rings. The largest absolute Gasteiger partial charge is 0.386 e. The summed E-state index contributed by atoms with van der Waals surface area (Å²) in [5.41, 5.74) is 3.39. The lowest BCUT2D eigenvalue weighted by Crippen LogP contribution is -1.89. The van der Waals surface area contributed by atoms with Crippen molar-refractivity contribution in [2.75, 3.05) is 0 Å². The van der Waals surface area contributed by atoms with Crippen LogP contribution in [0.25, 0.3) is 11.3 Å². The summed E-state index contributed by atoms with van der Waals surface area (Å²) in [6.45, 7) is 3.88. The summed E-state index contributed by atoms with van der Waals surface area (Å²) in [7, 11) is 0. The number of aliphatic hydroxyl groups excluding tert-OH is 1. The molecular formula is C13H15NOS. The minimum atomic E-state index is -0.478. The first-order valence-electron chi connectivity index (χ1n) is 5.43. The third-order valence-electron chi connectivity index (χ3n) is 2.54. The fourth-order valence-electron chi connectivity index (χ4n) is 1.52. The summed E-state index contributed by atoms with van der Waals surface area (Å²) < 4.78 is 0. The quantitative estimate of drug-likeness (QED) is 0.881. The van der Waals surface area contributed by atoms with Crippen molar-refractivity contribution in [2.45, 2.75) is 26.4 Å². The van der Waals surface area contributed by atoms with Crippen LogP contribution < -0.4 is 0 Å². The van der Waals surface area contributed by atoms with Crippen LogP contribution in [0.4, 0.5) is 0 Å². The van der Waals surface area contributed by atoms with Crippen LogP contribution in [0.15, 0.2) is 29.6 Å². The molecule has 2 rings (SSSR count). The lowest BCUT2D eigenvalue weighted by molar-refractivity contribution is 0.199. The molecule has 1 unspecified atom stereocenters. The second-order valence-corrected chi connectivity index (χ2v) is 4.69. The van der Waals surface area contributed by atoms with E-state index in [4.69, 9.17) is 0 Å². The van der Waals surface area contributed by atoms with E-state index in [0.29, 0.717) is 0 Å². The van der Waals surface area contributed by atoms with E-state index in [0.717, 1.165) is 22.7 Å². The molecule has 0 bridgehead atoms. The maximum absolute atomic E-state index is 9.41. The van der Waals surface area contributed by atoms with Crippen molar-refractivity contribution in [3.8, 4) is 11.3 Å². The van der Waals surface area contributed by atoms with Gasteiger partial charge in [0.05, 0.1) is 5.69 Å². The van der Waals surface area contributed by atoms with Crippen molar-refractivity contribution in [1.82, 2.24) is 4.98 Å². The molecule has 0 amide bonds. The molecule has 1 heterocycles. The number of hydrogen-bond acceptors (Lipinski definition) is 3. The van der Waals surface area contributed by atoms with Crippen LogP contribution in [0.3, 0.4) is 0 Å². The lowest BCUT2D eigenvalue weighted by Gasteiger charge is -2.00. The monoisotopic (exact) mass is 233 g/mol. The number of aromatic nitrogens is 1. The number of aliphatic hydroxyl groups is 1. The van der Waals surface area contributed by atoms with Gasteiger partial charge in [0.15, 0.2) is 0 Å². The van der Waals surface area contributed by atoms with E-state index in [1.54, 1.807) is 6.92 Å². The van der Waals surface area contributed by atoms with Gasteiger partial charge in [-0.2, -0.15) is 0 Å². The second-order valence-electron chi connectivity index (χ2n) is 3.80. The van der Waals surface area contributed by atoms with Crippen molar-refractivity contribution in [2.24, 2.45) is 0 Å². The van der Waals surface area contributed by atoms with E-state index in [1.807, 2.05) is 5.38 Å². The third-order valence-corrected chi connectivity index (χ3v) is 3.55. The molecule has 2 nitrogen and oxygen atoms in total. The third kappa shape index (κ3) is 2.31. The van der Waals surface area contributed by atoms with Crippen LogP contribution in [0.1, 0.15) is 30.5 Å². The number of aryl methyl sites for hydroxylation is 1. The van der Waals surface area contributed by atoms with Gasteiger partial charge in [-0.15, -0.1) is 11.3 Å². The Labute approximate surface area is 99.6 Å². The Morgan fingerprint density at radius 1 is 1.31 bits per heavy atom. The SMILES string of the molecule is CCc1ccc(-c2csc(C(C)O)n2)cc1. The Hall–Kier alpha value is -1.19. The van der Waals surface area contributed by atoms with Gasteiger partial charge in [-0.1, -0.05) is 31.2 Å². The molecule has 2 aromatic rings. The Morgan fingerprint density at radius 2 is 2.00 bits per heavy atom. The predicted molar refractivity (Wildman–Crippen MR) is 67.6 cm³/mol. The van der Waals surface area contributed by atoms with E-state index in [2.05, 4.69) is 36.2 Å². The first-order valence-corrected chi connectivity index (χ1v) is 6.31. The molecule has 1 atom stereocenters. The highest BCUT2D eigenvalue weighted by molar-refractivity contribution is 7.10. The molecule has 0 saturated heterocycles. The maximum atomic E-state index is 9.41. The van der Waals surface area contributed by atoms with Gasteiger partial charge in [-0.3, -0.25) is 0 Å². The van der Waals surface area contributed by atoms with Crippen LogP contribution in [-0.4, -0.2) is 10.1 Å². The standard InChI is InChI=1S/C13H15NOS/c1-3-10-4-6-11(7-5-10)12-8-16-13(14-12)9(2)15/h4-9,15H,3H2,1-2H3. The molecule has 1 N–H and O–H groups in total. The number of thiazole rings is 1. The molecule has 1 aromatic carbocycles. The zero-order valence-corrected chi connectivity index (χ0v) is 10.3. The van der Waals surface area contributed by atoms with Crippen LogP contribution in [0.5, 0.6) is 0 Å². The number of rotatable bonds is 3. The van der Waals surface area contributed by atoms with Gasteiger partial charge in [0.2, 0.25) is 0 Å². The average Bonchev–Trinajstić information content (AvgIpc) is 2.78. The van der Waals surface area contributed by atoms with E-state index in [-0.39, 0.29) is 0 Å². The average molecular weight is 233 g/mol. The smallest absolute Gasteiger partial charge is 0.122 e. The number of hydrogen-bond donors (Lipinski definition) is 1. The molecule has 0 aliphatic carbocycles. The van der Waals surface area contributed by atoms with Gasteiger partial charge in [-0.25, -0.2) is 4.98 Å². The zero-order chi connectivity index (χ0) is 11.5. The van der Waals surface area contributed by atoms with Gasteiger partial charge in [0.25, 0.3) is 0 Å². The van der Waals surface area contributed by atoms with E-state index < -0.39 is 6.10 Å². The minimum absolute atomic E-state index is 0.478. The molecule has 0 radical (unpaired) electrons. The van der Waals surface area contributed by atoms with E-state index in [9.17, 15) is 5.11 Å². The van der Waals surface area contributed by atoms with Crippen molar-refractivity contribution in [3.63, 3.8) is 0 Å². The maximum Gasteiger partial charge on any atom is 0.122 e. The molecule has 0 saturated carbocycles. The molecule has 0 aliphatic heterocycles. The van der Waals surface area contributed by atoms with Crippen molar-refractivity contribution >= 4 is 11.3 Å². The van der Waals surface area contributed by atoms with Gasteiger partial charge in [-0.05, 0) is 18.9 Å². The summed E-state index contributed by atoms with van der Waals surface area (Å²) in [5.74, 6) is 0. The Kier molecular flexibility index (Phi) is 3.36. The molecule has 16 heavy (non-hydrogen) atoms. The highest BCUT2D eigenvalue weighted by Gasteiger charge is 2.08. The minimum Gasteiger partial charge on any atom is -0.386 e. The van der Waals surface area contributed by atoms with Crippen LogP contribution in [0.2, 0.25) is 0 Å². The van der Waals surface area contributed by atoms with Crippen molar-refractivity contribution in [3.05, 3.63) is 40.2 Å². The normalized spacial score (nSPS) is 12.7. The highest BCUT2D eigenvalue weighted by Crippen LogP contribution is 2.25. The molecule has 0 spiro atoms. The highest BCUT2D eigenvalue weighted by atomic mass is 32.1. The summed E-state index contributed by atoms with van der Waals surface area (Å²) in [6.07, 6.45) is 0.574. The zero-order valence-electron chi connectivity index (χ0n) is 9.47. The Balaban J connectivity index is 2.28. The predicted octanol–water partition coefficient (Wildman–Crippen LogP) is 3.43. The number of benzene rings is 1. The van der Waals surface area contributed by atoms with Crippen LogP contribution >= 0.6 is 11.3 Å². The first kappa shape index (κ1) is 11.3. The number of nitrogens with zero attached hydrogens (tertiary/aromatic N) is 1. The Bertz CT molecular complexity index is 459. The van der Waals surface area contributed by atoms with Gasteiger partial charge >= 0.3 is 0 Å². The fraction of sp³-hybridized carbons (Fsp3) is 0.308. The van der Waals surface area contributed by atoms with Gasteiger partial charge in [0.1, 0.15) is 11.1 Å². The molecule has 84 valence electrons. The topological polar surface area (TPSA) is 33.1 Å². The molecule has 1 aromatic heterocycles.